The Labute approximate surface area is 118 Å². The molecule has 0 saturated carbocycles. The van der Waals surface area contributed by atoms with E-state index in [4.69, 9.17) is 9.47 Å². The number of methoxy groups -OCH3 is 1. The van der Waals surface area contributed by atoms with Gasteiger partial charge in [-0.3, -0.25) is 4.68 Å². The molecule has 0 radical (unpaired) electrons. The van der Waals surface area contributed by atoms with Crippen molar-refractivity contribution in [1.29, 1.82) is 0 Å². The Morgan fingerprint density at radius 2 is 2.25 bits per heavy atom. The molecule has 20 heavy (non-hydrogen) atoms. The Hall–Kier alpha value is -2.01. The van der Waals surface area contributed by atoms with E-state index < -0.39 is 0 Å². The van der Waals surface area contributed by atoms with Gasteiger partial charge in [-0.1, -0.05) is 6.07 Å². The summed E-state index contributed by atoms with van der Waals surface area (Å²) in [5.41, 5.74) is 0. The first-order valence-electron chi connectivity index (χ1n) is 6.91. The smallest absolute Gasteiger partial charge is 0.165 e. The highest BCUT2D eigenvalue weighted by atomic mass is 16.5. The Morgan fingerprint density at radius 1 is 1.35 bits per heavy atom. The van der Waals surface area contributed by atoms with E-state index in [1.54, 1.807) is 13.3 Å². The average Bonchev–Trinajstić information content (AvgIpc) is 3.12. The summed E-state index contributed by atoms with van der Waals surface area (Å²) in [6, 6.07) is 8.08. The lowest BCUT2D eigenvalue weighted by Crippen LogP contribution is -2.26. The molecule has 1 aliphatic rings. The van der Waals surface area contributed by atoms with E-state index in [-0.39, 0.29) is 0 Å². The van der Waals surface area contributed by atoms with Gasteiger partial charge in [-0.05, 0) is 31.5 Å². The van der Waals surface area contributed by atoms with E-state index in [1.807, 2.05) is 35.1 Å². The van der Waals surface area contributed by atoms with Crippen molar-refractivity contribution in [1.82, 2.24) is 15.1 Å². The molecule has 1 aromatic carbocycles. The number of hydrogen-bond donors (Lipinski definition) is 1. The minimum Gasteiger partial charge on any atom is -0.497 e. The second-order valence-corrected chi connectivity index (χ2v) is 4.97. The summed E-state index contributed by atoms with van der Waals surface area (Å²) in [6.07, 6.45) is 6.14. The number of benzene rings is 1. The second kappa shape index (κ2) is 5.96. The van der Waals surface area contributed by atoms with Gasteiger partial charge >= 0.3 is 0 Å². The molecule has 2 heterocycles. The monoisotopic (exact) mass is 273 g/mol. The van der Waals surface area contributed by atoms with Crippen LogP contribution < -0.4 is 14.8 Å². The van der Waals surface area contributed by atoms with Gasteiger partial charge in [0.15, 0.2) is 5.75 Å². The molecular weight excluding hydrogens is 254 g/mol. The van der Waals surface area contributed by atoms with Crippen LogP contribution in [0.5, 0.6) is 17.2 Å². The molecule has 1 fully saturated rings. The molecule has 106 valence electrons. The number of nitrogens with zero attached hydrogens (tertiary/aromatic N) is 2. The van der Waals surface area contributed by atoms with Crippen LogP contribution in [0.4, 0.5) is 0 Å². The Balaban J connectivity index is 1.63. The molecule has 1 unspecified atom stereocenters. The molecule has 5 nitrogen and oxygen atoms in total. The van der Waals surface area contributed by atoms with Crippen LogP contribution in [0, 0.1) is 0 Å². The molecule has 2 aromatic rings. The van der Waals surface area contributed by atoms with Crippen LogP contribution in [0.2, 0.25) is 0 Å². The zero-order valence-electron chi connectivity index (χ0n) is 11.6. The number of ether oxygens (including phenoxy) is 2. The topological polar surface area (TPSA) is 48.3 Å². The maximum Gasteiger partial charge on any atom is 0.165 e. The van der Waals surface area contributed by atoms with Crippen molar-refractivity contribution >= 4 is 0 Å². The summed E-state index contributed by atoms with van der Waals surface area (Å²) < 4.78 is 12.9. The van der Waals surface area contributed by atoms with E-state index in [0.29, 0.717) is 6.04 Å². The highest BCUT2D eigenvalue weighted by molar-refractivity contribution is 5.35. The fourth-order valence-corrected chi connectivity index (χ4v) is 2.44. The first kappa shape index (κ1) is 13.0. The summed E-state index contributed by atoms with van der Waals surface area (Å²) in [5.74, 6) is 2.28. The van der Waals surface area contributed by atoms with Gasteiger partial charge in [0.2, 0.25) is 0 Å². The SMILES string of the molecule is COc1cccc(Oc2cnn(CC3CCCN3)c2)c1. The van der Waals surface area contributed by atoms with E-state index in [2.05, 4.69) is 10.4 Å². The standard InChI is InChI=1S/C15H19N3O2/c1-19-13-5-2-6-14(8-13)20-15-9-17-18(11-15)10-12-4-3-7-16-12/h2,5-6,8-9,11-12,16H,3-4,7,10H2,1H3. The molecular formula is C15H19N3O2. The van der Waals surface area contributed by atoms with E-state index in [9.17, 15) is 0 Å². The third kappa shape index (κ3) is 3.11. The van der Waals surface area contributed by atoms with E-state index in [1.165, 1.54) is 12.8 Å². The van der Waals surface area contributed by atoms with Gasteiger partial charge in [-0.25, -0.2) is 0 Å². The third-order valence-corrected chi connectivity index (χ3v) is 3.46. The largest absolute Gasteiger partial charge is 0.497 e. The van der Waals surface area contributed by atoms with Gasteiger partial charge < -0.3 is 14.8 Å². The molecule has 1 N–H and O–H groups in total. The van der Waals surface area contributed by atoms with Gasteiger partial charge in [0.25, 0.3) is 0 Å². The molecule has 1 aromatic heterocycles. The maximum absolute atomic E-state index is 5.78. The second-order valence-electron chi connectivity index (χ2n) is 4.97. The van der Waals surface area contributed by atoms with E-state index >= 15 is 0 Å². The predicted molar refractivity (Wildman–Crippen MR) is 76.3 cm³/mol. The predicted octanol–water partition coefficient (Wildman–Crippen LogP) is 2.44. The molecule has 1 saturated heterocycles. The number of nitrogens with one attached hydrogen (secondary N) is 1. The summed E-state index contributed by atoms with van der Waals surface area (Å²) in [4.78, 5) is 0. The lowest BCUT2D eigenvalue weighted by molar-refractivity contribution is 0.409. The summed E-state index contributed by atoms with van der Waals surface area (Å²) in [5, 5.41) is 7.80. The van der Waals surface area contributed by atoms with Crippen LogP contribution >= 0.6 is 0 Å². The lowest BCUT2D eigenvalue weighted by Gasteiger charge is -2.09. The lowest BCUT2D eigenvalue weighted by atomic mass is 10.2. The maximum atomic E-state index is 5.78. The Morgan fingerprint density at radius 3 is 3.05 bits per heavy atom. The van der Waals surface area contributed by atoms with Crippen molar-refractivity contribution < 1.29 is 9.47 Å². The van der Waals surface area contributed by atoms with Crippen LogP contribution in [0.3, 0.4) is 0 Å². The molecule has 1 aliphatic heterocycles. The van der Waals surface area contributed by atoms with Crippen LogP contribution in [0.25, 0.3) is 0 Å². The summed E-state index contributed by atoms with van der Waals surface area (Å²) in [7, 11) is 1.64. The summed E-state index contributed by atoms with van der Waals surface area (Å²) >= 11 is 0. The van der Waals surface area contributed by atoms with Gasteiger partial charge in [0.1, 0.15) is 11.5 Å². The van der Waals surface area contributed by atoms with Gasteiger partial charge in [0.05, 0.1) is 26.0 Å². The van der Waals surface area contributed by atoms with Crippen molar-refractivity contribution in [2.24, 2.45) is 0 Å². The normalized spacial score (nSPS) is 18.1. The quantitative estimate of drug-likeness (QED) is 0.909. The third-order valence-electron chi connectivity index (χ3n) is 3.46. The first-order valence-corrected chi connectivity index (χ1v) is 6.91. The van der Waals surface area contributed by atoms with Gasteiger partial charge in [-0.2, -0.15) is 5.10 Å². The van der Waals surface area contributed by atoms with Crippen LogP contribution in [-0.2, 0) is 6.54 Å². The summed E-state index contributed by atoms with van der Waals surface area (Å²) in [6.45, 7) is 2.00. The van der Waals surface area contributed by atoms with Crippen LogP contribution in [0.1, 0.15) is 12.8 Å². The minimum absolute atomic E-state index is 0.527. The minimum atomic E-state index is 0.527. The molecule has 1 atom stereocenters. The fourth-order valence-electron chi connectivity index (χ4n) is 2.44. The van der Waals surface area contributed by atoms with Crippen molar-refractivity contribution in [3.63, 3.8) is 0 Å². The van der Waals surface area contributed by atoms with Gasteiger partial charge in [0, 0.05) is 12.1 Å². The van der Waals surface area contributed by atoms with Crippen molar-refractivity contribution in [3.8, 4) is 17.2 Å². The van der Waals surface area contributed by atoms with Crippen molar-refractivity contribution in [2.75, 3.05) is 13.7 Å². The molecule has 0 amide bonds. The number of rotatable bonds is 5. The number of hydrogen-bond acceptors (Lipinski definition) is 4. The molecule has 5 heteroatoms. The van der Waals surface area contributed by atoms with Gasteiger partial charge in [-0.15, -0.1) is 0 Å². The first-order chi connectivity index (χ1) is 9.83. The fraction of sp³-hybridized carbons (Fsp3) is 0.400. The van der Waals surface area contributed by atoms with Crippen LogP contribution in [-0.4, -0.2) is 29.5 Å². The zero-order chi connectivity index (χ0) is 13.8. The average molecular weight is 273 g/mol. The highest BCUT2D eigenvalue weighted by Crippen LogP contribution is 2.24. The van der Waals surface area contributed by atoms with E-state index in [0.717, 1.165) is 30.3 Å². The highest BCUT2D eigenvalue weighted by Gasteiger charge is 2.15. The molecule has 0 bridgehead atoms. The van der Waals surface area contributed by atoms with Crippen molar-refractivity contribution in [2.45, 2.75) is 25.4 Å². The molecule has 3 rings (SSSR count). The Bertz CT molecular complexity index is 562. The van der Waals surface area contributed by atoms with Crippen molar-refractivity contribution in [3.05, 3.63) is 36.7 Å². The molecule has 0 aliphatic carbocycles. The Kier molecular flexibility index (Phi) is 3.87. The zero-order valence-corrected chi connectivity index (χ0v) is 11.6. The molecule has 0 spiro atoms. The number of aromatic nitrogens is 2. The van der Waals surface area contributed by atoms with Crippen LogP contribution in [0.15, 0.2) is 36.7 Å².